The molecule has 1 aromatic carbocycles. The van der Waals surface area contributed by atoms with E-state index < -0.39 is 0 Å². The minimum absolute atomic E-state index is 0.459. The van der Waals surface area contributed by atoms with Crippen molar-refractivity contribution in [1.82, 2.24) is 0 Å². The van der Waals surface area contributed by atoms with E-state index in [2.05, 4.69) is 0 Å². The van der Waals surface area contributed by atoms with Gasteiger partial charge in [-0.25, -0.2) is 0 Å². The average molecular weight is 156 g/mol. The van der Waals surface area contributed by atoms with Gasteiger partial charge in [0, 0.05) is 0 Å². The van der Waals surface area contributed by atoms with Crippen LogP contribution in [0.3, 0.4) is 0 Å². The zero-order valence-electron chi connectivity index (χ0n) is 7.05. The van der Waals surface area contributed by atoms with Crippen molar-refractivity contribution < 1.29 is 0 Å². The van der Waals surface area contributed by atoms with Gasteiger partial charge in [-0.15, -0.1) is 0 Å². The summed E-state index contributed by atoms with van der Waals surface area (Å²) in [6.45, 7) is 3.78. The molecular formula is C10H8N2. The van der Waals surface area contributed by atoms with Crippen LogP contribution in [0.2, 0.25) is 0 Å². The molecule has 0 atom stereocenters. The van der Waals surface area contributed by atoms with E-state index in [1.54, 1.807) is 6.07 Å². The van der Waals surface area contributed by atoms with E-state index in [1.165, 1.54) is 0 Å². The summed E-state index contributed by atoms with van der Waals surface area (Å²) in [6.07, 6.45) is 0. The second kappa shape index (κ2) is 3.07. The number of aryl methyl sites for hydroxylation is 1. The van der Waals surface area contributed by atoms with Gasteiger partial charge in [0.1, 0.15) is 12.1 Å². The van der Waals surface area contributed by atoms with Gasteiger partial charge < -0.3 is 0 Å². The molecule has 0 bridgehead atoms. The molecule has 0 N–H and O–H groups in total. The second-order valence-corrected chi connectivity index (χ2v) is 2.65. The first kappa shape index (κ1) is 8.30. The lowest BCUT2D eigenvalue weighted by Crippen LogP contribution is -1.91. The molecule has 1 rings (SSSR count). The topological polar surface area (TPSA) is 47.6 Å². The van der Waals surface area contributed by atoms with Crippen LogP contribution in [0.15, 0.2) is 12.1 Å². The van der Waals surface area contributed by atoms with Crippen molar-refractivity contribution in [2.45, 2.75) is 13.8 Å². The molecule has 0 heterocycles. The maximum atomic E-state index is 8.75. The van der Waals surface area contributed by atoms with Gasteiger partial charge in [-0.3, -0.25) is 0 Å². The minimum atomic E-state index is 0.459. The van der Waals surface area contributed by atoms with Crippen LogP contribution in [-0.4, -0.2) is 0 Å². The summed E-state index contributed by atoms with van der Waals surface area (Å²) >= 11 is 0. The minimum Gasteiger partial charge on any atom is -0.192 e. The summed E-state index contributed by atoms with van der Waals surface area (Å²) in [5.41, 5.74) is 2.90. The molecule has 0 aromatic heterocycles. The van der Waals surface area contributed by atoms with Gasteiger partial charge in [0.25, 0.3) is 0 Å². The molecule has 0 aliphatic carbocycles. The van der Waals surface area contributed by atoms with Crippen molar-refractivity contribution >= 4 is 0 Å². The fraction of sp³-hybridized carbons (Fsp3) is 0.200. The van der Waals surface area contributed by atoms with Crippen LogP contribution in [0.25, 0.3) is 0 Å². The predicted octanol–water partition coefficient (Wildman–Crippen LogP) is 2.05. The van der Waals surface area contributed by atoms with Gasteiger partial charge in [0.05, 0.1) is 11.1 Å². The van der Waals surface area contributed by atoms with Crippen molar-refractivity contribution in [1.29, 1.82) is 10.5 Å². The van der Waals surface area contributed by atoms with Gasteiger partial charge >= 0.3 is 0 Å². The molecule has 0 radical (unpaired) electrons. The smallest absolute Gasteiger partial charge is 0.101 e. The Morgan fingerprint density at radius 2 is 1.75 bits per heavy atom. The highest BCUT2D eigenvalue weighted by molar-refractivity contribution is 5.52. The van der Waals surface area contributed by atoms with Crippen molar-refractivity contribution in [2.75, 3.05) is 0 Å². The summed E-state index contributed by atoms with van der Waals surface area (Å²) in [5, 5.41) is 17.4. The maximum absolute atomic E-state index is 8.75. The molecule has 2 nitrogen and oxygen atoms in total. The van der Waals surface area contributed by atoms with Crippen LogP contribution in [0.5, 0.6) is 0 Å². The molecular weight excluding hydrogens is 148 g/mol. The van der Waals surface area contributed by atoms with Crippen LogP contribution in [0, 0.1) is 36.5 Å². The van der Waals surface area contributed by atoms with E-state index >= 15 is 0 Å². The molecule has 0 unspecified atom stereocenters. The lowest BCUT2D eigenvalue weighted by molar-refractivity contribution is 1.29. The highest BCUT2D eigenvalue weighted by Gasteiger charge is 2.05. The number of hydrogen-bond donors (Lipinski definition) is 0. The van der Waals surface area contributed by atoms with E-state index in [0.717, 1.165) is 11.1 Å². The Labute approximate surface area is 71.7 Å². The van der Waals surface area contributed by atoms with Crippen LogP contribution in [0.4, 0.5) is 0 Å². The van der Waals surface area contributed by atoms with E-state index in [4.69, 9.17) is 10.5 Å². The zero-order valence-corrected chi connectivity index (χ0v) is 7.05. The lowest BCUT2D eigenvalue weighted by Gasteiger charge is -2.02. The first-order valence-corrected chi connectivity index (χ1v) is 3.61. The number of rotatable bonds is 0. The van der Waals surface area contributed by atoms with E-state index in [1.807, 2.05) is 32.1 Å². The Bertz CT molecular complexity index is 392. The summed E-state index contributed by atoms with van der Waals surface area (Å²) < 4.78 is 0. The monoisotopic (exact) mass is 156 g/mol. The summed E-state index contributed by atoms with van der Waals surface area (Å²) in [5.74, 6) is 0. The molecule has 58 valence electrons. The number of hydrogen-bond acceptors (Lipinski definition) is 2. The van der Waals surface area contributed by atoms with Crippen molar-refractivity contribution in [3.63, 3.8) is 0 Å². The third-order valence-corrected chi connectivity index (χ3v) is 1.97. The molecule has 0 saturated carbocycles. The molecule has 12 heavy (non-hydrogen) atoms. The highest BCUT2D eigenvalue weighted by Crippen LogP contribution is 2.15. The summed E-state index contributed by atoms with van der Waals surface area (Å²) in [6, 6.07) is 7.56. The van der Waals surface area contributed by atoms with Crippen molar-refractivity contribution in [3.05, 3.63) is 34.4 Å². The van der Waals surface area contributed by atoms with Gasteiger partial charge in [-0.1, -0.05) is 6.07 Å². The normalized spacial score (nSPS) is 8.67. The zero-order chi connectivity index (χ0) is 9.14. The van der Waals surface area contributed by atoms with Gasteiger partial charge in [-0.2, -0.15) is 10.5 Å². The van der Waals surface area contributed by atoms with Crippen molar-refractivity contribution in [3.8, 4) is 12.1 Å². The second-order valence-electron chi connectivity index (χ2n) is 2.65. The Hall–Kier alpha value is -1.80. The Morgan fingerprint density at radius 3 is 2.25 bits per heavy atom. The molecule has 0 aliphatic heterocycles. The first-order valence-electron chi connectivity index (χ1n) is 3.61. The SMILES string of the molecule is Cc1ccc(C#N)c(C#N)c1C. The fourth-order valence-corrected chi connectivity index (χ4v) is 1.05. The van der Waals surface area contributed by atoms with Crippen molar-refractivity contribution in [2.24, 2.45) is 0 Å². The molecule has 1 aromatic rings. The molecule has 0 fully saturated rings. The van der Waals surface area contributed by atoms with Crippen LogP contribution in [0.1, 0.15) is 22.3 Å². The Kier molecular flexibility index (Phi) is 2.12. The van der Waals surface area contributed by atoms with Crippen LogP contribution in [-0.2, 0) is 0 Å². The van der Waals surface area contributed by atoms with E-state index in [0.29, 0.717) is 11.1 Å². The maximum Gasteiger partial charge on any atom is 0.101 e. The van der Waals surface area contributed by atoms with E-state index in [9.17, 15) is 0 Å². The van der Waals surface area contributed by atoms with Gasteiger partial charge in [0.15, 0.2) is 0 Å². The average Bonchev–Trinajstić information content (AvgIpc) is 2.09. The van der Waals surface area contributed by atoms with Gasteiger partial charge in [-0.05, 0) is 31.0 Å². The quantitative estimate of drug-likeness (QED) is 0.577. The van der Waals surface area contributed by atoms with Crippen LogP contribution >= 0.6 is 0 Å². The third-order valence-electron chi connectivity index (χ3n) is 1.97. The highest BCUT2D eigenvalue weighted by atomic mass is 14.3. The Morgan fingerprint density at radius 1 is 1.08 bits per heavy atom. The molecule has 0 amide bonds. The number of nitrogens with zero attached hydrogens (tertiary/aromatic N) is 2. The largest absolute Gasteiger partial charge is 0.192 e. The molecule has 0 aliphatic rings. The molecule has 2 heteroatoms. The summed E-state index contributed by atoms with van der Waals surface area (Å²) in [7, 11) is 0. The fourth-order valence-electron chi connectivity index (χ4n) is 1.05. The predicted molar refractivity (Wildman–Crippen MR) is 45.3 cm³/mol. The van der Waals surface area contributed by atoms with Gasteiger partial charge in [0.2, 0.25) is 0 Å². The number of nitriles is 2. The lowest BCUT2D eigenvalue weighted by atomic mass is 9.99. The summed E-state index contributed by atoms with van der Waals surface area (Å²) in [4.78, 5) is 0. The van der Waals surface area contributed by atoms with E-state index in [-0.39, 0.29) is 0 Å². The molecule has 0 spiro atoms. The molecule has 0 saturated heterocycles. The third kappa shape index (κ3) is 1.15. The number of benzene rings is 1. The Balaban J connectivity index is 3.52. The standard InChI is InChI=1S/C10H8N2/c1-7-3-4-9(5-11)10(6-12)8(7)2/h3-4H,1-2H3. The van der Waals surface area contributed by atoms with Crippen LogP contribution < -0.4 is 0 Å². The first-order chi connectivity index (χ1) is 5.70.